The molecule has 3 rings (SSSR count). The molecule has 0 aliphatic rings. The third kappa shape index (κ3) is 3.31. The summed E-state index contributed by atoms with van der Waals surface area (Å²) in [5, 5.41) is 3.15. The first kappa shape index (κ1) is 14.6. The molecule has 116 valence electrons. The summed E-state index contributed by atoms with van der Waals surface area (Å²) >= 11 is 0. The van der Waals surface area contributed by atoms with Gasteiger partial charge in [-0.25, -0.2) is 4.98 Å². The molecule has 3 aromatic rings. The number of nitrogens with one attached hydrogen (secondary N) is 3. The van der Waals surface area contributed by atoms with E-state index in [0.29, 0.717) is 23.1 Å². The van der Waals surface area contributed by atoms with Crippen molar-refractivity contribution in [1.82, 2.24) is 25.3 Å². The average Bonchev–Trinajstić information content (AvgIpc) is 2.55. The molecular weight excluding hydrogens is 298 g/mol. The Morgan fingerprint density at radius 3 is 2.78 bits per heavy atom. The van der Waals surface area contributed by atoms with Gasteiger partial charge in [0, 0.05) is 13.0 Å². The summed E-state index contributed by atoms with van der Waals surface area (Å²) in [6.45, 7) is 0.261. The van der Waals surface area contributed by atoms with E-state index in [1.165, 1.54) is 6.20 Å². The highest BCUT2D eigenvalue weighted by molar-refractivity contribution is 5.91. The summed E-state index contributed by atoms with van der Waals surface area (Å²) in [4.78, 5) is 47.9. The minimum absolute atomic E-state index is 0.0810. The van der Waals surface area contributed by atoms with E-state index in [-0.39, 0.29) is 17.8 Å². The van der Waals surface area contributed by atoms with Crippen LogP contribution in [0, 0.1) is 0 Å². The maximum atomic E-state index is 11.9. The Kier molecular flexibility index (Phi) is 3.96. The Balaban J connectivity index is 1.68. The molecule has 2 aromatic heterocycles. The first-order chi connectivity index (χ1) is 11.1. The predicted octanol–water partition coefficient (Wildman–Crippen LogP) is -0.0211. The van der Waals surface area contributed by atoms with Gasteiger partial charge in [0.2, 0.25) is 0 Å². The lowest BCUT2D eigenvalue weighted by Crippen LogP contribution is -2.29. The van der Waals surface area contributed by atoms with Crippen molar-refractivity contribution in [2.75, 3.05) is 6.54 Å². The molecule has 23 heavy (non-hydrogen) atoms. The number of carbonyl (C=O) groups excluding carboxylic acids is 1. The van der Waals surface area contributed by atoms with Gasteiger partial charge in [-0.15, -0.1) is 0 Å². The Morgan fingerprint density at radius 2 is 1.96 bits per heavy atom. The van der Waals surface area contributed by atoms with Gasteiger partial charge in [0.05, 0.1) is 23.3 Å². The third-order valence-corrected chi connectivity index (χ3v) is 3.21. The van der Waals surface area contributed by atoms with Crippen molar-refractivity contribution in [1.29, 1.82) is 0 Å². The van der Waals surface area contributed by atoms with E-state index in [1.807, 2.05) is 0 Å². The average molecular weight is 311 g/mol. The van der Waals surface area contributed by atoms with Crippen molar-refractivity contribution in [3.63, 3.8) is 0 Å². The lowest BCUT2D eigenvalue weighted by molar-refractivity contribution is 0.0948. The lowest BCUT2D eigenvalue weighted by atomic mass is 10.2. The molecule has 0 aliphatic carbocycles. The van der Waals surface area contributed by atoms with Crippen molar-refractivity contribution < 1.29 is 4.79 Å². The summed E-state index contributed by atoms with van der Waals surface area (Å²) in [7, 11) is 0. The fraction of sp³-hybridized carbons (Fsp3) is 0.133. The summed E-state index contributed by atoms with van der Waals surface area (Å²) in [6, 6.07) is 7.03. The van der Waals surface area contributed by atoms with Crippen LogP contribution in [0.4, 0.5) is 0 Å². The topological polar surface area (TPSA) is 121 Å². The normalized spacial score (nSPS) is 10.6. The number of amides is 1. The van der Waals surface area contributed by atoms with Gasteiger partial charge in [-0.3, -0.25) is 19.4 Å². The molecular formula is C15H13N5O3. The summed E-state index contributed by atoms with van der Waals surface area (Å²) in [6.07, 6.45) is 2.71. The Bertz CT molecular complexity index is 976. The Hall–Kier alpha value is -3.29. The van der Waals surface area contributed by atoms with Crippen LogP contribution < -0.4 is 16.4 Å². The fourth-order valence-electron chi connectivity index (χ4n) is 2.14. The van der Waals surface area contributed by atoms with Crippen LogP contribution in [0.3, 0.4) is 0 Å². The zero-order valence-corrected chi connectivity index (χ0v) is 12.0. The van der Waals surface area contributed by atoms with Crippen molar-refractivity contribution in [2.24, 2.45) is 0 Å². The van der Waals surface area contributed by atoms with Crippen molar-refractivity contribution in [3.05, 3.63) is 68.9 Å². The molecule has 0 aliphatic heterocycles. The second-order valence-corrected chi connectivity index (χ2v) is 4.85. The van der Waals surface area contributed by atoms with Gasteiger partial charge in [-0.2, -0.15) is 0 Å². The van der Waals surface area contributed by atoms with Crippen LogP contribution in [0.2, 0.25) is 0 Å². The standard InChI is InChI=1S/C15H13N5O3/c21-13-8-16-7-11(19-13)15(23)17-6-5-12-18-10-4-2-1-3-9(10)14(22)20-12/h1-4,7-8H,5-6H2,(H,17,23)(H,19,21)(H,18,20,22). The molecule has 1 aromatic carbocycles. The minimum Gasteiger partial charge on any atom is -0.350 e. The molecule has 8 nitrogen and oxygen atoms in total. The molecule has 8 heteroatoms. The highest BCUT2D eigenvalue weighted by atomic mass is 16.2. The number of para-hydroxylation sites is 1. The second-order valence-electron chi connectivity index (χ2n) is 4.85. The van der Waals surface area contributed by atoms with Crippen molar-refractivity contribution in [2.45, 2.75) is 6.42 Å². The van der Waals surface area contributed by atoms with Gasteiger partial charge in [0.1, 0.15) is 11.5 Å². The predicted molar refractivity (Wildman–Crippen MR) is 83.3 cm³/mol. The quantitative estimate of drug-likeness (QED) is 0.625. The number of fused-ring (bicyclic) bond motifs is 1. The van der Waals surface area contributed by atoms with E-state index in [1.54, 1.807) is 24.3 Å². The van der Waals surface area contributed by atoms with E-state index in [0.717, 1.165) is 6.20 Å². The van der Waals surface area contributed by atoms with Crippen LogP contribution in [0.15, 0.2) is 46.2 Å². The molecule has 0 fully saturated rings. The van der Waals surface area contributed by atoms with E-state index in [4.69, 9.17) is 0 Å². The summed E-state index contributed by atoms with van der Waals surface area (Å²) in [5.41, 5.74) is 0.0262. The molecule has 0 bridgehead atoms. The fourth-order valence-corrected chi connectivity index (χ4v) is 2.14. The SMILES string of the molecule is O=C(NCCc1nc2ccccc2c(=O)[nH]1)c1cncc(=O)[nH]1. The minimum atomic E-state index is -0.446. The molecule has 2 heterocycles. The Morgan fingerprint density at radius 1 is 1.13 bits per heavy atom. The first-order valence-corrected chi connectivity index (χ1v) is 6.94. The van der Waals surface area contributed by atoms with Crippen LogP contribution in [-0.4, -0.2) is 32.4 Å². The van der Waals surface area contributed by atoms with Gasteiger partial charge in [-0.05, 0) is 12.1 Å². The Labute approximate surface area is 129 Å². The highest BCUT2D eigenvalue weighted by Gasteiger charge is 2.07. The third-order valence-electron chi connectivity index (χ3n) is 3.21. The van der Waals surface area contributed by atoms with Crippen LogP contribution in [0.25, 0.3) is 10.9 Å². The number of hydrogen-bond acceptors (Lipinski definition) is 5. The van der Waals surface area contributed by atoms with Gasteiger partial charge in [0.25, 0.3) is 17.0 Å². The molecule has 0 unspecified atom stereocenters. The van der Waals surface area contributed by atoms with Gasteiger partial charge < -0.3 is 15.3 Å². The highest BCUT2D eigenvalue weighted by Crippen LogP contribution is 2.05. The van der Waals surface area contributed by atoms with Crippen molar-refractivity contribution >= 4 is 16.8 Å². The number of nitrogens with zero attached hydrogens (tertiary/aromatic N) is 2. The zero-order chi connectivity index (χ0) is 16.2. The van der Waals surface area contributed by atoms with Gasteiger partial charge >= 0.3 is 0 Å². The lowest BCUT2D eigenvalue weighted by Gasteiger charge is -2.05. The summed E-state index contributed by atoms with van der Waals surface area (Å²) in [5.74, 6) is 0.0343. The van der Waals surface area contributed by atoms with Crippen LogP contribution in [0.1, 0.15) is 16.3 Å². The van der Waals surface area contributed by atoms with Gasteiger partial charge in [-0.1, -0.05) is 12.1 Å². The van der Waals surface area contributed by atoms with Crippen LogP contribution in [0.5, 0.6) is 0 Å². The van der Waals surface area contributed by atoms with Gasteiger partial charge in [0.15, 0.2) is 0 Å². The molecule has 3 N–H and O–H groups in total. The van der Waals surface area contributed by atoms with Crippen LogP contribution >= 0.6 is 0 Å². The first-order valence-electron chi connectivity index (χ1n) is 6.94. The molecule has 0 saturated carbocycles. The van der Waals surface area contributed by atoms with Crippen LogP contribution in [-0.2, 0) is 6.42 Å². The molecule has 0 radical (unpaired) electrons. The molecule has 1 amide bonds. The number of aromatic amines is 2. The van der Waals surface area contributed by atoms with E-state index in [9.17, 15) is 14.4 Å². The van der Waals surface area contributed by atoms with E-state index < -0.39 is 11.5 Å². The number of benzene rings is 1. The maximum absolute atomic E-state index is 11.9. The number of H-pyrrole nitrogens is 2. The monoisotopic (exact) mass is 311 g/mol. The number of aromatic nitrogens is 4. The largest absolute Gasteiger partial charge is 0.350 e. The zero-order valence-electron chi connectivity index (χ0n) is 12.0. The number of hydrogen-bond donors (Lipinski definition) is 3. The smallest absolute Gasteiger partial charge is 0.269 e. The number of rotatable bonds is 4. The van der Waals surface area contributed by atoms with E-state index >= 15 is 0 Å². The number of carbonyl (C=O) groups is 1. The molecule has 0 saturated heterocycles. The van der Waals surface area contributed by atoms with Crippen molar-refractivity contribution in [3.8, 4) is 0 Å². The van der Waals surface area contributed by atoms with E-state index in [2.05, 4.69) is 25.3 Å². The second kappa shape index (κ2) is 6.22. The molecule has 0 atom stereocenters. The summed E-state index contributed by atoms with van der Waals surface area (Å²) < 4.78 is 0. The maximum Gasteiger partial charge on any atom is 0.269 e. The molecule has 0 spiro atoms.